The molecule has 8 nitrogen and oxygen atoms in total. The molecule has 1 saturated heterocycles. The number of likely N-dealkylation sites (tertiary alicyclic amines) is 1. The van der Waals surface area contributed by atoms with Crippen LogP contribution in [0.2, 0.25) is 0 Å². The Labute approximate surface area is 166 Å². The summed E-state index contributed by atoms with van der Waals surface area (Å²) >= 11 is 0. The Morgan fingerprint density at radius 2 is 2.03 bits per heavy atom. The topological polar surface area (TPSA) is 107 Å². The van der Waals surface area contributed by atoms with E-state index < -0.39 is 11.9 Å². The number of rotatable bonds is 4. The molecule has 0 spiro atoms. The normalized spacial score (nSPS) is 16.2. The number of anilines is 1. The van der Waals surface area contributed by atoms with Gasteiger partial charge in [-0.25, -0.2) is 14.1 Å². The summed E-state index contributed by atoms with van der Waals surface area (Å²) in [5.41, 5.74) is 7.65. The van der Waals surface area contributed by atoms with Crippen LogP contribution in [0.25, 0.3) is 5.69 Å². The van der Waals surface area contributed by atoms with Gasteiger partial charge in [0, 0.05) is 12.7 Å². The molecule has 1 aliphatic rings. The van der Waals surface area contributed by atoms with Crippen LogP contribution in [-0.2, 0) is 0 Å². The molecule has 4 rings (SSSR count). The molecule has 1 amide bonds. The van der Waals surface area contributed by atoms with Crippen LogP contribution in [0.3, 0.4) is 0 Å². The molecule has 1 aromatic carbocycles. The number of aromatic nitrogens is 4. The van der Waals surface area contributed by atoms with Crippen LogP contribution in [0.15, 0.2) is 42.9 Å². The second kappa shape index (κ2) is 7.42. The fourth-order valence-corrected chi connectivity index (χ4v) is 3.47. The third kappa shape index (κ3) is 3.46. The van der Waals surface area contributed by atoms with Crippen molar-refractivity contribution in [3.8, 4) is 5.69 Å². The zero-order valence-electron chi connectivity index (χ0n) is 15.7. The predicted octanol–water partition coefficient (Wildman–Crippen LogP) is 2.18. The van der Waals surface area contributed by atoms with Gasteiger partial charge in [-0.1, -0.05) is 6.07 Å². The molecule has 0 unspecified atom stereocenters. The molecular weight excluding hydrogens is 375 g/mol. The van der Waals surface area contributed by atoms with E-state index in [4.69, 9.17) is 5.73 Å². The van der Waals surface area contributed by atoms with Crippen molar-refractivity contribution >= 4 is 17.5 Å². The van der Waals surface area contributed by atoms with Crippen LogP contribution >= 0.6 is 0 Å². The van der Waals surface area contributed by atoms with Crippen molar-refractivity contribution in [2.45, 2.75) is 25.8 Å². The largest absolute Gasteiger partial charge is 0.383 e. The van der Waals surface area contributed by atoms with E-state index in [2.05, 4.69) is 15.1 Å². The zero-order valence-corrected chi connectivity index (χ0v) is 15.7. The Morgan fingerprint density at radius 1 is 1.21 bits per heavy atom. The van der Waals surface area contributed by atoms with Crippen molar-refractivity contribution in [1.82, 2.24) is 24.6 Å². The van der Waals surface area contributed by atoms with Crippen LogP contribution in [0.1, 0.15) is 39.4 Å². The third-order valence-corrected chi connectivity index (χ3v) is 4.94. The van der Waals surface area contributed by atoms with Gasteiger partial charge in [0.05, 0.1) is 35.4 Å². The van der Waals surface area contributed by atoms with Crippen molar-refractivity contribution < 1.29 is 14.0 Å². The first kappa shape index (κ1) is 18.7. The standard InChI is InChI=1S/C20H19FN6O2/c1-12-9-24-16(11-23-12)20(29)26-7-3-6-17(26)18(28)15-10-25-27(19(15)22)14-5-2-4-13(21)8-14/h2,4-5,8-11,17H,3,6-7,22H2,1H3/t17-/m1/s1. The fraction of sp³-hybridized carbons (Fsp3) is 0.250. The second-order valence-electron chi connectivity index (χ2n) is 6.90. The van der Waals surface area contributed by atoms with Gasteiger partial charge >= 0.3 is 0 Å². The minimum absolute atomic E-state index is 0.107. The molecule has 1 aliphatic heterocycles. The number of carbonyl (C=O) groups excluding carboxylic acids is 2. The van der Waals surface area contributed by atoms with Gasteiger partial charge in [-0.2, -0.15) is 5.10 Å². The summed E-state index contributed by atoms with van der Waals surface area (Å²) in [4.78, 5) is 35.7. The Morgan fingerprint density at radius 3 is 2.76 bits per heavy atom. The van der Waals surface area contributed by atoms with Crippen LogP contribution in [0.5, 0.6) is 0 Å². The Bertz CT molecular complexity index is 1080. The number of benzene rings is 1. The summed E-state index contributed by atoms with van der Waals surface area (Å²) in [7, 11) is 0. The van der Waals surface area contributed by atoms with Gasteiger partial charge in [0.15, 0.2) is 5.78 Å². The van der Waals surface area contributed by atoms with E-state index in [0.717, 1.165) is 0 Å². The summed E-state index contributed by atoms with van der Waals surface area (Å²) in [5, 5.41) is 4.14. The van der Waals surface area contributed by atoms with E-state index in [1.54, 1.807) is 13.0 Å². The van der Waals surface area contributed by atoms with Gasteiger partial charge in [-0.3, -0.25) is 14.6 Å². The quantitative estimate of drug-likeness (QED) is 0.680. The maximum absolute atomic E-state index is 13.5. The van der Waals surface area contributed by atoms with Crippen molar-refractivity contribution in [2.75, 3.05) is 12.3 Å². The number of amides is 1. The minimum atomic E-state index is -0.655. The molecule has 2 aromatic heterocycles. The van der Waals surface area contributed by atoms with Gasteiger partial charge < -0.3 is 10.6 Å². The first-order valence-corrected chi connectivity index (χ1v) is 9.19. The van der Waals surface area contributed by atoms with E-state index in [1.807, 2.05) is 0 Å². The number of nitrogens with zero attached hydrogens (tertiary/aromatic N) is 5. The van der Waals surface area contributed by atoms with E-state index in [-0.39, 0.29) is 28.8 Å². The molecule has 0 aliphatic carbocycles. The molecule has 3 heterocycles. The lowest BCUT2D eigenvalue weighted by Crippen LogP contribution is -2.41. The van der Waals surface area contributed by atoms with Crippen molar-refractivity contribution in [3.05, 3.63) is 65.6 Å². The molecule has 29 heavy (non-hydrogen) atoms. The third-order valence-electron chi connectivity index (χ3n) is 4.94. The highest BCUT2D eigenvalue weighted by Crippen LogP contribution is 2.26. The first-order valence-electron chi connectivity index (χ1n) is 9.19. The lowest BCUT2D eigenvalue weighted by atomic mass is 10.0. The summed E-state index contributed by atoms with van der Waals surface area (Å²) < 4.78 is 14.8. The summed E-state index contributed by atoms with van der Waals surface area (Å²) in [6.45, 7) is 2.23. The SMILES string of the molecule is Cc1cnc(C(=O)N2CCC[C@@H]2C(=O)c2cnn(-c3cccc(F)c3)c2N)cn1. The van der Waals surface area contributed by atoms with Crippen molar-refractivity contribution in [2.24, 2.45) is 0 Å². The predicted molar refractivity (Wildman–Crippen MR) is 103 cm³/mol. The average molecular weight is 394 g/mol. The molecule has 9 heteroatoms. The van der Waals surface area contributed by atoms with E-state index in [1.165, 1.54) is 46.4 Å². The maximum atomic E-state index is 13.5. The molecule has 2 N–H and O–H groups in total. The zero-order chi connectivity index (χ0) is 20.5. The minimum Gasteiger partial charge on any atom is -0.383 e. The molecule has 3 aromatic rings. The van der Waals surface area contributed by atoms with Crippen molar-refractivity contribution in [1.29, 1.82) is 0 Å². The highest BCUT2D eigenvalue weighted by Gasteiger charge is 2.37. The maximum Gasteiger partial charge on any atom is 0.274 e. The number of nitrogens with two attached hydrogens (primary N) is 1. The Kier molecular flexibility index (Phi) is 4.79. The molecule has 0 saturated carbocycles. The van der Waals surface area contributed by atoms with E-state index in [0.29, 0.717) is 30.8 Å². The Balaban J connectivity index is 1.60. The molecule has 1 fully saturated rings. The van der Waals surface area contributed by atoms with Gasteiger partial charge in [0.2, 0.25) is 0 Å². The molecule has 0 bridgehead atoms. The molecular formula is C20H19FN6O2. The average Bonchev–Trinajstić information content (AvgIpc) is 3.34. The van der Waals surface area contributed by atoms with Crippen LogP contribution in [0.4, 0.5) is 10.2 Å². The summed E-state index contributed by atoms with van der Waals surface area (Å²) in [5.74, 6) is -0.965. The van der Waals surface area contributed by atoms with E-state index in [9.17, 15) is 14.0 Å². The highest BCUT2D eigenvalue weighted by atomic mass is 19.1. The first-order chi connectivity index (χ1) is 14.0. The number of carbonyl (C=O) groups is 2. The Hall–Kier alpha value is -3.62. The lowest BCUT2D eigenvalue weighted by molar-refractivity contribution is 0.0667. The van der Waals surface area contributed by atoms with Crippen LogP contribution < -0.4 is 5.73 Å². The van der Waals surface area contributed by atoms with Gasteiger partial charge in [-0.15, -0.1) is 0 Å². The van der Waals surface area contributed by atoms with E-state index >= 15 is 0 Å². The van der Waals surface area contributed by atoms with Crippen molar-refractivity contribution in [3.63, 3.8) is 0 Å². The number of Topliss-reactive ketones (excluding diaryl/α,β-unsaturated/α-hetero) is 1. The second-order valence-corrected chi connectivity index (χ2v) is 6.90. The van der Waals surface area contributed by atoms with Crippen LogP contribution in [-0.4, -0.2) is 48.9 Å². The van der Waals surface area contributed by atoms with Gasteiger partial charge in [-0.05, 0) is 38.0 Å². The summed E-state index contributed by atoms with van der Waals surface area (Å²) in [6.07, 6.45) is 5.50. The molecule has 0 radical (unpaired) electrons. The number of hydrogen-bond acceptors (Lipinski definition) is 6. The number of aryl methyl sites for hydroxylation is 1. The fourth-order valence-electron chi connectivity index (χ4n) is 3.47. The van der Waals surface area contributed by atoms with Gasteiger partial charge in [0.25, 0.3) is 5.91 Å². The number of hydrogen-bond donors (Lipinski definition) is 1. The smallest absolute Gasteiger partial charge is 0.274 e. The lowest BCUT2D eigenvalue weighted by Gasteiger charge is -2.23. The molecule has 148 valence electrons. The summed E-state index contributed by atoms with van der Waals surface area (Å²) in [6, 6.07) is 5.11. The van der Waals surface area contributed by atoms with Crippen LogP contribution in [0, 0.1) is 12.7 Å². The highest BCUT2D eigenvalue weighted by molar-refractivity contribution is 6.06. The number of nitrogen functional groups attached to an aromatic ring is 1. The number of halogens is 1. The van der Waals surface area contributed by atoms with Gasteiger partial charge in [0.1, 0.15) is 17.3 Å². The number of ketones is 1. The monoisotopic (exact) mass is 394 g/mol. The molecule has 1 atom stereocenters.